The first-order chi connectivity index (χ1) is 11.1. The van der Waals surface area contributed by atoms with Gasteiger partial charge in [0.05, 0.1) is 23.5 Å². The first kappa shape index (κ1) is 18.5. The third-order valence-corrected chi connectivity index (χ3v) is 5.85. The zero-order chi connectivity index (χ0) is 18.1. The molecule has 2 rings (SSSR count). The van der Waals surface area contributed by atoms with E-state index in [0.717, 1.165) is 16.4 Å². The largest absolute Gasteiger partial charge is 0.469 e. The van der Waals surface area contributed by atoms with Gasteiger partial charge in [0.2, 0.25) is 10.0 Å². The minimum Gasteiger partial charge on any atom is -0.469 e. The second kappa shape index (κ2) is 6.60. The van der Waals surface area contributed by atoms with Crippen molar-refractivity contribution in [3.05, 3.63) is 23.8 Å². The maximum Gasteiger partial charge on any atom is 0.418 e. The van der Waals surface area contributed by atoms with E-state index in [1.165, 1.54) is 7.11 Å². The molecular formula is C14H17F3N2O4S. The Kier molecular flexibility index (Phi) is 5.09. The summed E-state index contributed by atoms with van der Waals surface area (Å²) in [6.45, 7) is 0.0711. The number of ether oxygens (including phenoxy) is 1. The lowest BCUT2D eigenvalue weighted by molar-refractivity contribution is -0.146. The molecule has 0 aromatic heterocycles. The number of nitrogens with two attached hydrogens (primary N) is 1. The highest BCUT2D eigenvalue weighted by molar-refractivity contribution is 7.89. The van der Waals surface area contributed by atoms with Gasteiger partial charge in [-0.3, -0.25) is 4.79 Å². The Morgan fingerprint density at radius 2 is 1.88 bits per heavy atom. The lowest BCUT2D eigenvalue weighted by atomic mass is 9.99. The van der Waals surface area contributed by atoms with Crippen LogP contribution in [-0.4, -0.2) is 38.9 Å². The number of carbonyl (C=O) groups excluding carboxylic acids is 1. The molecule has 1 fully saturated rings. The molecule has 0 bridgehead atoms. The minimum absolute atomic E-state index is 0.0355. The van der Waals surface area contributed by atoms with Gasteiger partial charge in [0.15, 0.2) is 0 Å². The number of sulfonamides is 1. The van der Waals surface area contributed by atoms with Gasteiger partial charge in [-0.15, -0.1) is 0 Å². The molecule has 0 atom stereocenters. The lowest BCUT2D eigenvalue weighted by Gasteiger charge is -2.30. The number of hydrogen-bond acceptors (Lipinski definition) is 5. The number of rotatable bonds is 3. The summed E-state index contributed by atoms with van der Waals surface area (Å²) in [6.07, 6.45) is -4.23. The monoisotopic (exact) mass is 366 g/mol. The first-order valence-electron chi connectivity index (χ1n) is 7.12. The summed E-state index contributed by atoms with van der Waals surface area (Å²) in [5.41, 5.74) is 3.56. The van der Waals surface area contributed by atoms with E-state index >= 15 is 0 Å². The van der Waals surface area contributed by atoms with Crippen LogP contribution in [-0.2, 0) is 25.7 Å². The van der Waals surface area contributed by atoms with Crippen molar-refractivity contribution in [1.82, 2.24) is 4.31 Å². The number of halogens is 3. The Morgan fingerprint density at radius 1 is 1.29 bits per heavy atom. The molecule has 1 saturated heterocycles. The Bertz CT molecular complexity index is 726. The summed E-state index contributed by atoms with van der Waals surface area (Å²) in [7, 11) is -2.84. The van der Waals surface area contributed by atoms with Crippen LogP contribution in [0.4, 0.5) is 18.9 Å². The number of carbonyl (C=O) groups is 1. The molecule has 2 N–H and O–H groups in total. The fourth-order valence-corrected chi connectivity index (χ4v) is 4.09. The molecule has 0 spiro atoms. The highest BCUT2D eigenvalue weighted by Gasteiger charge is 2.36. The van der Waals surface area contributed by atoms with Gasteiger partial charge in [-0.05, 0) is 31.0 Å². The van der Waals surface area contributed by atoms with E-state index in [-0.39, 0.29) is 25.9 Å². The summed E-state index contributed by atoms with van der Waals surface area (Å²) in [5.74, 6) is -0.822. The van der Waals surface area contributed by atoms with Gasteiger partial charge < -0.3 is 10.5 Å². The van der Waals surface area contributed by atoms with Gasteiger partial charge in [0.1, 0.15) is 0 Å². The van der Waals surface area contributed by atoms with Crippen LogP contribution in [0.5, 0.6) is 0 Å². The summed E-state index contributed by atoms with van der Waals surface area (Å²) in [6, 6.07) is 2.51. The molecule has 0 radical (unpaired) electrons. The van der Waals surface area contributed by atoms with Crippen molar-refractivity contribution >= 4 is 21.7 Å². The van der Waals surface area contributed by atoms with Crippen molar-refractivity contribution in [2.24, 2.45) is 5.92 Å². The topological polar surface area (TPSA) is 89.7 Å². The molecule has 1 aliphatic rings. The second-order valence-corrected chi connectivity index (χ2v) is 7.39. The van der Waals surface area contributed by atoms with Crippen molar-refractivity contribution < 1.29 is 31.1 Å². The van der Waals surface area contributed by atoms with Gasteiger partial charge in [-0.1, -0.05) is 0 Å². The highest BCUT2D eigenvalue weighted by atomic mass is 32.2. The third-order valence-electron chi connectivity index (χ3n) is 3.96. The quantitative estimate of drug-likeness (QED) is 0.651. The fourth-order valence-electron chi connectivity index (χ4n) is 2.59. The van der Waals surface area contributed by atoms with Crippen LogP contribution < -0.4 is 5.73 Å². The molecule has 1 heterocycles. The molecule has 24 heavy (non-hydrogen) atoms. The Labute approximate surface area is 137 Å². The smallest absolute Gasteiger partial charge is 0.418 e. The molecule has 6 nitrogen and oxygen atoms in total. The summed E-state index contributed by atoms with van der Waals surface area (Å²) >= 11 is 0. The summed E-state index contributed by atoms with van der Waals surface area (Å²) in [5, 5.41) is 0. The summed E-state index contributed by atoms with van der Waals surface area (Å²) < 4.78 is 69.4. The van der Waals surface area contributed by atoms with Crippen LogP contribution in [0.15, 0.2) is 23.1 Å². The lowest BCUT2D eigenvalue weighted by Crippen LogP contribution is -2.40. The van der Waals surface area contributed by atoms with Crippen LogP contribution >= 0.6 is 0 Å². The molecule has 1 aromatic rings. The first-order valence-corrected chi connectivity index (χ1v) is 8.56. The second-order valence-electron chi connectivity index (χ2n) is 5.45. The number of benzene rings is 1. The van der Waals surface area contributed by atoms with Crippen molar-refractivity contribution in [1.29, 1.82) is 0 Å². The average Bonchev–Trinajstić information content (AvgIpc) is 2.53. The van der Waals surface area contributed by atoms with Crippen LogP contribution in [0.2, 0.25) is 0 Å². The Balaban J connectivity index is 2.25. The van der Waals surface area contributed by atoms with Crippen molar-refractivity contribution in [2.75, 3.05) is 25.9 Å². The van der Waals surface area contributed by atoms with Crippen LogP contribution in [0.3, 0.4) is 0 Å². The Morgan fingerprint density at radius 3 is 2.38 bits per heavy atom. The normalized spacial score (nSPS) is 17.7. The van der Waals surface area contributed by atoms with E-state index in [9.17, 15) is 26.4 Å². The SMILES string of the molecule is COC(=O)C1CCN(S(=O)(=O)c2ccc(N)c(C(F)(F)F)c2)CC1. The summed E-state index contributed by atoms with van der Waals surface area (Å²) in [4.78, 5) is 11.0. The number of nitrogens with zero attached hydrogens (tertiary/aromatic N) is 1. The van der Waals surface area contributed by atoms with Crippen LogP contribution in [0.1, 0.15) is 18.4 Å². The maximum atomic E-state index is 12.9. The molecule has 1 aliphatic heterocycles. The minimum atomic E-state index is -4.74. The van der Waals surface area contributed by atoms with Gasteiger partial charge in [0, 0.05) is 18.8 Å². The van der Waals surface area contributed by atoms with Gasteiger partial charge in [-0.2, -0.15) is 17.5 Å². The zero-order valence-corrected chi connectivity index (χ0v) is 13.7. The zero-order valence-electron chi connectivity index (χ0n) is 12.8. The standard InChI is InChI=1S/C14H17F3N2O4S/c1-23-13(20)9-4-6-19(7-5-9)24(21,22)10-2-3-12(18)11(8-10)14(15,16)17/h2-3,8-9H,4-7,18H2,1H3. The Hall–Kier alpha value is -1.81. The van der Waals surface area contributed by atoms with E-state index in [1.54, 1.807) is 0 Å². The molecule has 0 aliphatic carbocycles. The van der Waals surface area contributed by atoms with E-state index in [4.69, 9.17) is 5.73 Å². The predicted molar refractivity (Wildman–Crippen MR) is 79.4 cm³/mol. The van der Waals surface area contributed by atoms with Crippen molar-refractivity contribution in [3.63, 3.8) is 0 Å². The number of anilines is 1. The molecule has 0 unspecified atom stereocenters. The average molecular weight is 366 g/mol. The van der Waals surface area contributed by atoms with Crippen LogP contribution in [0, 0.1) is 5.92 Å². The predicted octanol–water partition coefficient (Wildman–Crippen LogP) is 1.86. The number of piperidine rings is 1. The molecule has 0 amide bonds. The maximum absolute atomic E-state index is 12.9. The molecular weight excluding hydrogens is 349 g/mol. The number of nitrogen functional groups attached to an aromatic ring is 1. The number of methoxy groups -OCH3 is 1. The van der Waals surface area contributed by atoms with E-state index < -0.39 is 44.2 Å². The number of esters is 1. The van der Waals surface area contributed by atoms with Crippen molar-refractivity contribution in [3.8, 4) is 0 Å². The van der Waals surface area contributed by atoms with Gasteiger partial charge in [0.25, 0.3) is 0 Å². The van der Waals surface area contributed by atoms with Gasteiger partial charge >= 0.3 is 12.1 Å². The molecule has 134 valence electrons. The fraction of sp³-hybridized carbons (Fsp3) is 0.500. The van der Waals surface area contributed by atoms with E-state index in [2.05, 4.69) is 4.74 Å². The van der Waals surface area contributed by atoms with E-state index in [0.29, 0.717) is 6.07 Å². The number of alkyl halides is 3. The molecule has 0 saturated carbocycles. The molecule has 10 heteroatoms. The van der Waals surface area contributed by atoms with Crippen molar-refractivity contribution in [2.45, 2.75) is 23.9 Å². The number of hydrogen-bond donors (Lipinski definition) is 1. The molecule has 1 aromatic carbocycles. The van der Waals surface area contributed by atoms with Crippen LogP contribution in [0.25, 0.3) is 0 Å². The highest BCUT2D eigenvalue weighted by Crippen LogP contribution is 2.35. The third kappa shape index (κ3) is 3.64. The van der Waals surface area contributed by atoms with Gasteiger partial charge in [-0.25, -0.2) is 8.42 Å². The van der Waals surface area contributed by atoms with E-state index in [1.807, 2.05) is 0 Å².